The topological polar surface area (TPSA) is 3.24 Å². The maximum Gasteiger partial charge on any atom is 0.0543 e. The van der Waals surface area contributed by atoms with Gasteiger partial charge in [-0.05, 0) is 105 Å². The maximum absolute atomic E-state index is 2.60. The lowest BCUT2D eigenvalue weighted by atomic mass is 9.66. The van der Waals surface area contributed by atoms with Crippen molar-refractivity contribution in [1.29, 1.82) is 0 Å². The number of allylic oxidation sites excluding steroid dienone is 6. The molecule has 0 saturated carbocycles. The summed E-state index contributed by atoms with van der Waals surface area (Å²) < 4.78 is 0. The van der Waals surface area contributed by atoms with Crippen molar-refractivity contribution in [2.24, 2.45) is 17.8 Å². The summed E-state index contributed by atoms with van der Waals surface area (Å²) in [5, 5.41) is 2.84. The zero-order chi connectivity index (χ0) is 30.5. The summed E-state index contributed by atoms with van der Waals surface area (Å²) in [7, 11) is 0. The summed E-state index contributed by atoms with van der Waals surface area (Å²) in [6.45, 7) is 9.61. The summed E-state index contributed by atoms with van der Waals surface area (Å²) in [6.07, 6.45) is 18.3. The lowest BCUT2D eigenvalue weighted by molar-refractivity contribution is 0.379. The van der Waals surface area contributed by atoms with Gasteiger partial charge in [-0.25, -0.2) is 0 Å². The molecule has 1 nitrogen and oxygen atoms in total. The third-order valence-corrected chi connectivity index (χ3v) is 11.7. The Bertz CT molecular complexity index is 2120. The van der Waals surface area contributed by atoms with Crippen LogP contribution in [0.25, 0.3) is 17.2 Å². The van der Waals surface area contributed by atoms with E-state index in [0.29, 0.717) is 17.8 Å². The highest BCUT2D eigenvalue weighted by atomic mass is 15.2. The third kappa shape index (κ3) is 3.80. The largest absolute Gasteiger partial charge is 0.309 e. The molecule has 3 unspecified atom stereocenters. The summed E-state index contributed by atoms with van der Waals surface area (Å²) in [5.74, 6) is 1.61. The van der Waals surface area contributed by atoms with E-state index in [1.165, 1.54) is 73.7 Å². The fourth-order valence-corrected chi connectivity index (χ4v) is 9.33. The van der Waals surface area contributed by atoms with Crippen LogP contribution in [-0.4, -0.2) is 0 Å². The Morgan fingerprint density at radius 1 is 0.667 bits per heavy atom. The van der Waals surface area contributed by atoms with E-state index in [1.54, 1.807) is 5.57 Å². The predicted molar refractivity (Wildman–Crippen MR) is 190 cm³/mol. The van der Waals surface area contributed by atoms with Crippen molar-refractivity contribution in [2.75, 3.05) is 4.90 Å². The second-order valence-corrected chi connectivity index (χ2v) is 14.8. The van der Waals surface area contributed by atoms with Crippen LogP contribution in [0.3, 0.4) is 0 Å². The molecule has 2 heterocycles. The molecule has 0 aromatic heterocycles. The Labute approximate surface area is 267 Å². The van der Waals surface area contributed by atoms with E-state index in [0.717, 1.165) is 6.42 Å². The number of hydrogen-bond acceptors (Lipinski definition) is 1. The highest BCUT2D eigenvalue weighted by molar-refractivity contribution is 5.93. The fourth-order valence-electron chi connectivity index (χ4n) is 9.33. The van der Waals surface area contributed by atoms with Crippen molar-refractivity contribution < 1.29 is 0 Å². The number of benzene rings is 4. The van der Waals surface area contributed by atoms with Crippen LogP contribution in [-0.2, 0) is 10.8 Å². The number of nitrogens with zero attached hydrogens (tertiary/aromatic N) is 1. The summed E-state index contributed by atoms with van der Waals surface area (Å²) in [6, 6.07) is 32.3. The second kappa shape index (κ2) is 9.57. The lowest BCUT2D eigenvalue weighted by Gasteiger charge is -2.49. The Morgan fingerprint density at radius 2 is 1.40 bits per heavy atom. The van der Waals surface area contributed by atoms with Crippen molar-refractivity contribution >= 4 is 34.3 Å². The molecule has 0 fully saturated rings. The molecule has 45 heavy (non-hydrogen) atoms. The molecule has 2 aliphatic heterocycles. The highest BCUT2D eigenvalue weighted by Crippen LogP contribution is 2.60. The van der Waals surface area contributed by atoms with E-state index < -0.39 is 0 Å². The Balaban J connectivity index is 1.16. The molecule has 0 N–H and O–H groups in total. The molecule has 222 valence electrons. The monoisotopic (exact) mass is 583 g/mol. The van der Waals surface area contributed by atoms with E-state index in [1.807, 2.05) is 0 Å². The normalized spacial score (nSPS) is 24.4. The summed E-state index contributed by atoms with van der Waals surface area (Å²) >= 11 is 0. The van der Waals surface area contributed by atoms with Crippen molar-refractivity contribution in [3.8, 4) is 0 Å². The van der Waals surface area contributed by atoms with Gasteiger partial charge in [-0.1, -0.05) is 131 Å². The van der Waals surface area contributed by atoms with E-state index in [4.69, 9.17) is 0 Å². The molecule has 5 aliphatic rings. The van der Waals surface area contributed by atoms with Gasteiger partial charge in [0.2, 0.25) is 0 Å². The zero-order valence-electron chi connectivity index (χ0n) is 26.8. The summed E-state index contributed by atoms with van der Waals surface area (Å²) in [5.41, 5.74) is 13.7. The van der Waals surface area contributed by atoms with Crippen molar-refractivity contribution in [2.45, 2.75) is 57.8 Å². The number of rotatable bonds is 2. The SMILES string of the molecule is CC1(C)c2ccccc2N2c3ccc(C4=CC(C5C=c6ccccc6=C6C=CCCC65)CC=C4)cc3C(C)(C)c3cccc1c32. The van der Waals surface area contributed by atoms with E-state index in [2.05, 4.69) is 154 Å². The molecular formula is C44H41N. The molecule has 0 spiro atoms. The van der Waals surface area contributed by atoms with Gasteiger partial charge in [0.25, 0.3) is 0 Å². The molecule has 0 saturated heterocycles. The number of para-hydroxylation sites is 2. The zero-order valence-corrected chi connectivity index (χ0v) is 26.8. The van der Waals surface area contributed by atoms with Crippen LogP contribution >= 0.6 is 0 Å². The predicted octanol–water partition coefficient (Wildman–Crippen LogP) is 9.62. The minimum Gasteiger partial charge on any atom is -0.309 e. The number of hydrogen-bond donors (Lipinski definition) is 0. The van der Waals surface area contributed by atoms with Crippen LogP contribution in [0, 0.1) is 17.8 Å². The van der Waals surface area contributed by atoms with Gasteiger partial charge >= 0.3 is 0 Å². The van der Waals surface area contributed by atoms with Crippen LogP contribution in [0.1, 0.15) is 74.8 Å². The van der Waals surface area contributed by atoms with Crippen LogP contribution in [0.5, 0.6) is 0 Å². The van der Waals surface area contributed by atoms with Gasteiger partial charge in [-0.2, -0.15) is 0 Å². The average Bonchev–Trinajstić information content (AvgIpc) is 3.07. The summed E-state index contributed by atoms with van der Waals surface area (Å²) in [4.78, 5) is 2.56. The maximum atomic E-state index is 2.60. The van der Waals surface area contributed by atoms with Crippen LogP contribution in [0.2, 0.25) is 0 Å². The van der Waals surface area contributed by atoms with Gasteiger partial charge in [-0.15, -0.1) is 0 Å². The minimum absolute atomic E-state index is 0.0548. The van der Waals surface area contributed by atoms with Crippen LogP contribution in [0.15, 0.2) is 115 Å². The minimum atomic E-state index is -0.118. The smallest absolute Gasteiger partial charge is 0.0543 e. The molecule has 0 bridgehead atoms. The van der Waals surface area contributed by atoms with E-state index >= 15 is 0 Å². The Hall–Kier alpha value is -4.36. The van der Waals surface area contributed by atoms with Gasteiger partial charge in [-0.3, -0.25) is 0 Å². The van der Waals surface area contributed by atoms with Gasteiger partial charge in [0.15, 0.2) is 0 Å². The molecule has 1 heteroatoms. The average molecular weight is 584 g/mol. The van der Waals surface area contributed by atoms with Crippen molar-refractivity contribution in [1.82, 2.24) is 0 Å². The first-order chi connectivity index (χ1) is 21.8. The van der Waals surface area contributed by atoms with E-state index in [9.17, 15) is 0 Å². The molecule has 0 radical (unpaired) electrons. The third-order valence-electron chi connectivity index (χ3n) is 11.7. The Morgan fingerprint density at radius 3 is 2.27 bits per heavy atom. The number of fused-ring (bicyclic) bond motifs is 6. The lowest BCUT2D eigenvalue weighted by Crippen LogP contribution is -2.39. The standard InChI is InChI=1S/C44H41N/c1-43(2)36-19-9-10-22-40(36)45-41-24-23-29(27-39(41)44(3,4)38-21-12-20-37(43)42(38)45)28-14-11-15-30(25-28)35-26-31-13-5-6-16-32(31)33-17-7-8-18-34(33)35/h5-7,9-14,16-17,19-27,30,34-35H,8,15,18H2,1-4H3. The van der Waals surface area contributed by atoms with Gasteiger partial charge < -0.3 is 4.90 Å². The first kappa shape index (κ1) is 27.0. The highest BCUT2D eigenvalue weighted by Gasteiger charge is 2.45. The molecule has 4 aromatic carbocycles. The van der Waals surface area contributed by atoms with Crippen molar-refractivity contribution in [3.63, 3.8) is 0 Å². The number of anilines is 3. The van der Waals surface area contributed by atoms with Gasteiger partial charge in [0.1, 0.15) is 0 Å². The molecule has 0 amide bonds. The van der Waals surface area contributed by atoms with Crippen molar-refractivity contribution in [3.05, 3.63) is 154 Å². The van der Waals surface area contributed by atoms with Gasteiger partial charge in [0.05, 0.1) is 17.1 Å². The molecule has 4 aromatic rings. The van der Waals surface area contributed by atoms with Crippen LogP contribution < -0.4 is 15.3 Å². The Kier molecular flexibility index (Phi) is 5.74. The molecular weight excluding hydrogens is 542 g/mol. The molecule has 3 aliphatic carbocycles. The first-order valence-electron chi connectivity index (χ1n) is 16.9. The second-order valence-electron chi connectivity index (χ2n) is 14.8. The first-order valence-corrected chi connectivity index (χ1v) is 16.9. The van der Waals surface area contributed by atoms with E-state index in [-0.39, 0.29) is 10.8 Å². The van der Waals surface area contributed by atoms with Crippen LogP contribution in [0.4, 0.5) is 17.1 Å². The molecule has 9 rings (SSSR count). The van der Waals surface area contributed by atoms with Gasteiger partial charge in [0, 0.05) is 10.8 Å². The molecule has 3 atom stereocenters. The fraction of sp³-hybridized carbons (Fsp3) is 0.273. The quantitative estimate of drug-likeness (QED) is 0.227.